The predicted molar refractivity (Wildman–Crippen MR) is 64.0 cm³/mol. The number of rotatable bonds is 5. The Labute approximate surface area is 92.7 Å². The second-order valence-electron chi connectivity index (χ2n) is 4.24. The first-order chi connectivity index (χ1) is 7.10. The maximum absolute atomic E-state index is 5.99. The third-order valence-electron chi connectivity index (χ3n) is 2.96. The van der Waals surface area contributed by atoms with E-state index in [2.05, 4.69) is 37.5 Å². The SMILES string of the molecule is CCCn1nc(C)c(CC(N)CC)c1C. The van der Waals surface area contributed by atoms with Crippen molar-refractivity contribution in [2.45, 2.75) is 59.5 Å². The van der Waals surface area contributed by atoms with Crippen LogP contribution in [-0.2, 0) is 13.0 Å². The van der Waals surface area contributed by atoms with Gasteiger partial charge in [-0.05, 0) is 38.7 Å². The van der Waals surface area contributed by atoms with Crippen LogP contribution in [0.5, 0.6) is 0 Å². The van der Waals surface area contributed by atoms with Crippen molar-refractivity contribution in [3.63, 3.8) is 0 Å². The van der Waals surface area contributed by atoms with Crippen LogP contribution < -0.4 is 5.73 Å². The number of aryl methyl sites for hydroxylation is 2. The minimum Gasteiger partial charge on any atom is -0.327 e. The smallest absolute Gasteiger partial charge is 0.0629 e. The second kappa shape index (κ2) is 5.31. The fraction of sp³-hybridized carbons (Fsp3) is 0.750. The van der Waals surface area contributed by atoms with Gasteiger partial charge in [-0.3, -0.25) is 4.68 Å². The Bertz CT molecular complexity index is 315. The monoisotopic (exact) mass is 209 g/mol. The van der Waals surface area contributed by atoms with Crippen LogP contribution in [0.3, 0.4) is 0 Å². The van der Waals surface area contributed by atoms with Gasteiger partial charge in [-0.15, -0.1) is 0 Å². The molecule has 0 aliphatic heterocycles. The summed E-state index contributed by atoms with van der Waals surface area (Å²) in [5.74, 6) is 0. The van der Waals surface area contributed by atoms with E-state index in [1.807, 2.05) is 0 Å². The number of nitrogens with two attached hydrogens (primary N) is 1. The molecule has 1 heterocycles. The summed E-state index contributed by atoms with van der Waals surface area (Å²) in [5, 5.41) is 4.55. The van der Waals surface area contributed by atoms with E-state index in [0.29, 0.717) is 0 Å². The van der Waals surface area contributed by atoms with Crippen molar-refractivity contribution in [1.29, 1.82) is 0 Å². The van der Waals surface area contributed by atoms with Gasteiger partial charge in [0.25, 0.3) is 0 Å². The third kappa shape index (κ3) is 2.81. The molecular weight excluding hydrogens is 186 g/mol. The highest BCUT2D eigenvalue weighted by Gasteiger charge is 2.13. The van der Waals surface area contributed by atoms with Crippen LogP contribution >= 0.6 is 0 Å². The van der Waals surface area contributed by atoms with E-state index in [9.17, 15) is 0 Å². The Kier molecular flexibility index (Phi) is 4.33. The Morgan fingerprint density at radius 3 is 2.53 bits per heavy atom. The molecule has 1 rings (SSSR count). The molecule has 0 aliphatic carbocycles. The van der Waals surface area contributed by atoms with Crippen molar-refractivity contribution in [3.05, 3.63) is 17.0 Å². The zero-order valence-electron chi connectivity index (χ0n) is 10.4. The quantitative estimate of drug-likeness (QED) is 0.808. The topological polar surface area (TPSA) is 43.8 Å². The van der Waals surface area contributed by atoms with Gasteiger partial charge in [0.2, 0.25) is 0 Å². The van der Waals surface area contributed by atoms with Crippen LogP contribution in [0.15, 0.2) is 0 Å². The lowest BCUT2D eigenvalue weighted by atomic mass is 10.0. The molecule has 3 heteroatoms. The number of hydrogen-bond acceptors (Lipinski definition) is 2. The van der Waals surface area contributed by atoms with Gasteiger partial charge >= 0.3 is 0 Å². The van der Waals surface area contributed by atoms with Crippen LogP contribution in [-0.4, -0.2) is 15.8 Å². The fourth-order valence-electron chi connectivity index (χ4n) is 1.87. The molecule has 0 aromatic carbocycles. The third-order valence-corrected chi connectivity index (χ3v) is 2.96. The van der Waals surface area contributed by atoms with E-state index in [0.717, 1.165) is 31.5 Å². The van der Waals surface area contributed by atoms with E-state index < -0.39 is 0 Å². The first-order valence-corrected chi connectivity index (χ1v) is 5.88. The lowest BCUT2D eigenvalue weighted by molar-refractivity contribution is 0.580. The van der Waals surface area contributed by atoms with E-state index in [-0.39, 0.29) is 6.04 Å². The molecule has 0 bridgehead atoms. The molecule has 1 atom stereocenters. The van der Waals surface area contributed by atoms with Gasteiger partial charge in [0, 0.05) is 18.3 Å². The first-order valence-electron chi connectivity index (χ1n) is 5.88. The average Bonchev–Trinajstić information content (AvgIpc) is 2.46. The normalized spacial score (nSPS) is 13.1. The Morgan fingerprint density at radius 1 is 1.33 bits per heavy atom. The van der Waals surface area contributed by atoms with E-state index in [1.165, 1.54) is 11.3 Å². The van der Waals surface area contributed by atoms with E-state index >= 15 is 0 Å². The van der Waals surface area contributed by atoms with Crippen molar-refractivity contribution < 1.29 is 0 Å². The minimum absolute atomic E-state index is 0.265. The van der Waals surface area contributed by atoms with Gasteiger partial charge < -0.3 is 5.73 Å². The molecule has 1 aromatic rings. The highest BCUT2D eigenvalue weighted by atomic mass is 15.3. The average molecular weight is 209 g/mol. The van der Waals surface area contributed by atoms with Gasteiger partial charge in [0.15, 0.2) is 0 Å². The molecule has 0 aliphatic rings. The van der Waals surface area contributed by atoms with Crippen molar-refractivity contribution >= 4 is 0 Å². The number of nitrogens with zero attached hydrogens (tertiary/aromatic N) is 2. The molecule has 0 saturated heterocycles. The first kappa shape index (κ1) is 12.2. The van der Waals surface area contributed by atoms with Crippen molar-refractivity contribution in [2.75, 3.05) is 0 Å². The zero-order chi connectivity index (χ0) is 11.4. The lowest BCUT2D eigenvalue weighted by Gasteiger charge is -2.09. The molecule has 0 fully saturated rings. The maximum Gasteiger partial charge on any atom is 0.0629 e. The molecule has 1 unspecified atom stereocenters. The summed E-state index contributed by atoms with van der Waals surface area (Å²) in [6.45, 7) is 9.54. The van der Waals surface area contributed by atoms with Gasteiger partial charge in [-0.25, -0.2) is 0 Å². The summed E-state index contributed by atoms with van der Waals surface area (Å²) in [5.41, 5.74) is 9.77. The molecule has 0 spiro atoms. The van der Waals surface area contributed by atoms with Crippen LogP contribution in [0.2, 0.25) is 0 Å². The Hall–Kier alpha value is -0.830. The zero-order valence-corrected chi connectivity index (χ0v) is 10.4. The van der Waals surface area contributed by atoms with Gasteiger partial charge in [-0.1, -0.05) is 13.8 Å². The summed E-state index contributed by atoms with van der Waals surface area (Å²) in [6, 6.07) is 0.265. The minimum atomic E-state index is 0.265. The highest BCUT2D eigenvalue weighted by molar-refractivity contribution is 5.25. The van der Waals surface area contributed by atoms with E-state index in [4.69, 9.17) is 5.73 Å². The summed E-state index contributed by atoms with van der Waals surface area (Å²) >= 11 is 0. The Morgan fingerprint density at radius 2 is 2.00 bits per heavy atom. The molecule has 0 radical (unpaired) electrons. The standard InChI is InChI=1S/C12H23N3/c1-5-7-15-10(4)12(9(3)14-15)8-11(13)6-2/h11H,5-8,13H2,1-4H3. The highest BCUT2D eigenvalue weighted by Crippen LogP contribution is 2.15. The van der Waals surface area contributed by atoms with Crippen LogP contribution in [0.4, 0.5) is 0 Å². The van der Waals surface area contributed by atoms with Gasteiger partial charge in [0.05, 0.1) is 5.69 Å². The number of hydrogen-bond donors (Lipinski definition) is 1. The largest absolute Gasteiger partial charge is 0.327 e. The van der Waals surface area contributed by atoms with Crippen molar-refractivity contribution in [1.82, 2.24) is 9.78 Å². The summed E-state index contributed by atoms with van der Waals surface area (Å²) < 4.78 is 2.10. The van der Waals surface area contributed by atoms with Crippen molar-refractivity contribution in [3.8, 4) is 0 Å². The second-order valence-corrected chi connectivity index (χ2v) is 4.24. The summed E-state index contributed by atoms with van der Waals surface area (Å²) in [4.78, 5) is 0. The molecule has 2 N–H and O–H groups in total. The molecule has 0 saturated carbocycles. The molecule has 86 valence electrons. The van der Waals surface area contributed by atoms with Crippen molar-refractivity contribution in [2.24, 2.45) is 5.73 Å². The Balaban J connectivity index is 2.87. The van der Waals surface area contributed by atoms with Crippen LogP contribution in [0.1, 0.15) is 43.6 Å². The molecular formula is C12H23N3. The summed E-state index contributed by atoms with van der Waals surface area (Å²) in [7, 11) is 0. The number of aromatic nitrogens is 2. The molecule has 1 aromatic heterocycles. The van der Waals surface area contributed by atoms with E-state index in [1.54, 1.807) is 0 Å². The van der Waals surface area contributed by atoms with Crippen LogP contribution in [0, 0.1) is 13.8 Å². The molecule has 3 nitrogen and oxygen atoms in total. The fourth-order valence-corrected chi connectivity index (χ4v) is 1.87. The summed E-state index contributed by atoms with van der Waals surface area (Å²) in [6.07, 6.45) is 3.11. The van der Waals surface area contributed by atoms with Gasteiger partial charge in [0.1, 0.15) is 0 Å². The molecule has 15 heavy (non-hydrogen) atoms. The van der Waals surface area contributed by atoms with Gasteiger partial charge in [-0.2, -0.15) is 5.10 Å². The lowest BCUT2D eigenvalue weighted by Crippen LogP contribution is -2.22. The van der Waals surface area contributed by atoms with Crippen LogP contribution in [0.25, 0.3) is 0 Å². The predicted octanol–water partition coefficient (Wildman–Crippen LogP) is 2.19. The maximum atomic E-state index is 5.99. The molecule has 0 amide bonds.